The zero-order chi connectivity index (χ0) is 15.2. The second-order valence-electron chi connectivity index (χ2n) is 4.74. The van der Waals surface area contributed by atoms with E-state index in [0.29, 0.717) is 22.3 Å². The molecule has 0 saturated carbocycles. The van der Waals surface area contributed by atoms with Gasteiger partial charge < -0.3 is 10.6 Å². The summed E-state index contributed by atoms with van der Waals surface area (Å²) in [6, 6.07) is 12.8. The van der Waals surface area contributed by atoms with Gasteiger partial charge in [0.2, 0.25) is 0 Å². The molecular formula is C16H16Cl2N2O. The normalized spacial score (nSPS) is 10.2. The van der Waals surface area contributed by atoms with Gasteiger partial charge in [-0.3, -0.25) is 0 Å². The number of carbonyl (C=O) groups is 1. The monoisotopic (exact) mass is 322 g/mol. The van der Waals surface area contributed by atoms with E-state index in [4.69, 9.17) is 23.2 Å². The van der Waals surface area contributed by atoms with Crippen molar-refractivity contribution in [2.75, 3.05) is 11.9 Å². The van der Waals surface area contributed by atoms with Crippen LogP contribution >= 0.6 is 23.2 Å². The van der Waals surface area contributed by atoms with E-state index in [1.807, 2.05) is 25.1 Å². The van der Waals surface area contributed by atoms with Gasteiger partial charge in [0.05, 0.1) is 10.7 Å². The van der Waals surface area contributed by atoms with E-state index >= 15 is 0 Å². The van der Waals surface area contributed by atoms with Gasteiger partial charge in [-0.1, -0.05) is 53.0 Å². The van der Waals surface area contributed by atoms with Crippen LogP contribution in [0.5, 0.6) is 0 Å². The largest absolute Gasteiger partial charge is 0.338 e. The predicted octanol–water partition coefficient (Wildman–Crippen LogP) is 4.67. The van der Waals surface area contributed by atoms with Gasteiger partial charge in [0.25, 0.3) is 0 Å². The summed E-state index contributed by atoms with van der Waals surface area (Å²) >= 11 is 11.9. The quantitative estimate of drug-likeness (QED) is 0.844. The molecule has 2 aromatic rings. The maximum absolute atomic E-state index is 11.8. The highest BCUT2D eigenvalue weighted by Crippen LogP contribution is 2.25. The maximum Gasteiger partial charge on any atom is 0.319 e. The number of hydrogen-bond acceptors (Lipinski definition) is 1. The van der Waals surface area contributed by atoms with Crippen molar-refractivity contribution in [3.63, 3.8) is 0 Å². The summed E-state index contributed by atoms with van der Waals surface area (Å²) in [6.45, 7) is 2.60. The molecule has 2 rings (SSSR count). The molecule has 0 heterocycles. The minimum absolute atomic E-state index is 0.299. The number of halogens is 2. The van der Waals surface area contributed by atoms with Crippen LogP contribution in [0.25, 0.3) is 0 Å². The summed E-state index contributed by atoms with van der Waals surface area (Å²) in [6.07, 6.45) is 0.776. The van der Waals surface area contributed by atoms with Crippen LogP contribution in [0.2, 0.25) is 10.0 Å². The van der Waals surface area contributed by atoms with Crippen LogP contribution in [-0.4, -0.2) is 12.6 Å². The second-order valence-corrected chi connectivity index (χ2v) is 5.59. The Morgan fingerprint density at radius 3 is 2.71 bits per heavy atom. The first-order valence-corrected chi connectivity index (χ1v) is 7.35. The molecule has 2 amide bonds. The Bertz CT molecular complexity index is 644. The van der Waals surface area contributed by atoms with E-state index < -0.39 is 0 Å². The van der Waals surface area contributed by atoms with Gasteiger partial charge in [0.1, 0.15) is 0 Å². The summed E-state index contributed by atoms with van der Waals surface area (Å²) in [5.74, 6) is 0. The summed E-state index contributed by atoms with van der Waals surface area (Å²) < 4.78 is 0. The van der Waals surface area contributed by atoms with Gasteiger partial charge in [-0.05, 0) is 37.1 Å². The van der Waals surface area contributed by atoms with Gasteiger partial charge in [0, 0.05) is 11.6 Å². The number of rotatable bonds is 4. The first-order chi connectivity index (χ1) is 10.0. The fourth-order valence-electron chi connectivity index (χ4n) is 1.95. The highest BCUT2D eigenvalue weighted by Gasteiger charge is 2.06. The van der Waals surface area contributed by atoms with Crippen LogP contribution in [0.4, 0.5) is 10.5 Å². The molecule has 0 spiro atoms. The van der Waals surface area contributed by atoms with Crippen molar-refractivity contribution in [2.45, 2.75) is 13.3 Å². The third kappa shape index (κ3) is 4.96. The van der Waals surface area contributed by atoms with Gasteiger partial charge >= 0.3 is 6.03 Å². The Morgan fingerprint density at radius 1 is 1.14 bits per heavy atom. The third-order valence-corrected chi connectivity index (χ3v) is 3.52. The molecule has 21 heavy (non-hydrogen) atoms. The van der Waals surface area contributed by atoms with Crippen LogP contribution in [-0.2, 0) is 6.42 Å². The molecule has 0 fully saturated rings. The van der Waals surface area contributed by atoms with Gasteiger partial charge in [-0.15, -0.1) is 0 Å². The van der Waals surface area contributed by atoms with Crippen molar-refractivity contribution in [3.8, 4) is 0 Å². The molecule has 0 bridgehead atoms. The molecular weight excluding hydrogens is 307 g/mol. The SMILES string of the molecule is Cc1cccc(CCNC(=O)Nc2cc(Cl)ccc2Cl)c1. The minimum Gasteiger partial charge on any atom is -0.338 e. The molecule has 0 aliphatic heterocycles. The topological polar surface area (TPSA) is 41.1 Å². The Balaban J connectivity index is 1.84. The van der Waals surface area contributed by atoms with E-state index in [1.165, 1.54) is 11.1 Å². The molecule has 0 atom stereocenters. The first-order valence-electron chi connectivity index (χ1n) is 6.60. The van der Waals surface area contributed by atoms with Crippen molar-refractivity contribution in [2.24, 2.45) is 0 Å². The lowest BCUT2D eigenvalue weighted by molar-refractivity contribution is 0.252. The molecule has 3 nitrogen and oxygen atoms in total. The average molecular weight is 323 g/mol. The molecule has 0 aliphatic rings. The summed E-state index contributed by atoms with van der Waals surface area (Å²) in [5, 5.41) is 6.45. The minimum atomic E-state index is -0.299. The molecule has 0 saturated heterocycles. The van der Waals surface area contributed by atoms with E-state index in [1.54, 1.807) is 18.2 Å². The number of aryl methyl sites for hydroxylation is 1. The predicted molar refractivity (Wildman–Crippen MR) is 88.4 cm³/mol. The lowest BCUT2D eigenvalue weighted by Gasteiger charge is -2.09. The highest BCUT2D eigenvalue weighted by atomic mass is 35.5. The van der Waals surface area contributed by atoms with E-state index in [2.05, 4.69) is 16.7 Å². The zero-order valence-corrected chi connectivity index (χ0v) is 13.1. The average Bonchev–Trinajstić information content (AvgIpc) is 2.43. The smallest absolute Gasteiger partial charge is 0.319 e. The van der Waals surface area contributed by atoms with E-state index in [-0.39, 0.29) is 6.03 Å². The van der Waals surface area contributed by atoms with Crippen molar-refractivity contribution in [1.29, 1.82) is 0 Å². The van der Waals surface area contributed by atoms with Crippen molar-refractivity contribution in [1.82, 2.24) is 5.32 Å². The molecule has 0 aliphatic carbocycles. The van der Waals surface area contributed by atoms with Crippen LogP contribution < -0.4 is 10.6 Å². The van der Waals surface area contributed by atoms with E-state index in [9.17, 15) is 4.79 Å². The molecule has 0 radical (unpaired) electrons. The number of carbonyl (C=O) groups excluding carboxylic acids is 1. The number of anilines is 1. The summed E-state index contributed by atoms with van der Waals surface area (Å²) in [7, 11) is 0. The number of amides is 2. The van der Waals surface area contributed by atoms with Crippen LogP contribution in [0, 0.1) is 6.92 Å². The lowest BCUT2D eigenvalue weighted by atomic mass is 10.1. The maximum atomic E-state index is 11.8. The van der Waals surface area contributed by atoms with E-state index in [0.717, 1.165) is 6.42 Å². The second kappa shape index (κ2) is 7.34. The number of urea groups is 1. The summed E-state index contributed by atoms with van der Waals surface area (Å²) in [4.78, 5) is 11.8. The van der Waals surface area contributed by atoms with Gasteiger partial charge in [-0.25, -0.2) is 4.79 Å². The van der Waals surface area contributed by atoms with Gasteiger partial charge in [-0.2, -0.15) is 0 Å². The Kier molecular flexibility index (Phi) is 5.48. The Labute approximate surface area is 134 Å². The van der Waals surface area contributed by atoms with Crippen LogP contribution in [0.3, 0.4) is 0 Å². The fraction of sp³-hybridized carbons (Fsp3) is 0.188. The van der Waals surface area contributed by atoms with Crippen LogP contribution in [0.15, 0.2) is 42.5 Å². The molecule has 2 aromatic carbocycles. The van der Waals surface area contributed by atoms with Gasteiger partial charge in [0.15, 0.2) is 0 Å². The molecule has 2 N–H and O–H groups in total. The number of nitrogens with one attached hydrogen (secondary N) is 2. The molecule has 110 valence electrons. The number of hydrogen-bond donors (Lipinski definition) is 2. The third-order valence-electron chi connectivity index (χ3n) is 2.96. The fourth-order valence-corrected chi connectivity index (χ4v) is 2.28. The Morgan fingerprint density at radius 2 is 1.95 bits per heavy atom. The van der Waals surface area contributed by atoms with Crippen LogP contribution in [0.1, 0.15) is 11.1 Å². The Hall–Kier alpha value is -1.71. The zero-order valence-electron chi connectivity index (χ0n) is 11.6. The lowest BCUT2D eigenvalue weighted by Crippen LogP contribution is -2.30. The van der Waals surface area contributed by atoms with Crippen molar-refractivity contribution in [3.05, 3.63) is 63.6 Å². The molecule has 0 aromatic heterocycles. The highest BCUT2D eigenvalue weighted by molar-refractivity contribution is 6.35. The van der Waals surface area contributed by atoms with Crippen molar-refractivity contribution < 1.29 is 4.79 Å². The summed E-state index contributed by atoms with van der Waals surface area (Å²) in [5.41, 5.74) is 2.90. The number of benzene rings is 2. The molecule has 0 unspecified atom stereocenters. The standard InChI is InChI=1S/C16H16Cl2N2O/c1-11-3-2-4-12(9-11)7-8-19-16(21)20-15-10-13(17)5-6-14(15)18/h2-6,9-10H,7-8H2,1H3,(H2,19,20,21). The molecule has 5 heteroatoms. The van der Waals surface area contributed by atoms with Crippen molar-refractivity contribution >= 4 is 34.9 Å². The first kappa shape index (κ1) is 15.7.